The molecule has 1 aliphatic carbocycles. The van der Waals surface area contributed by atoms with Gasteiger partial charge in [0.25, 0.3) is 0 Å². The molecule has 0 aromatic carbocycles. The molecule has 19 heavy (non-hydrogen) atoms. The lowest BCUT2D eigenvalue weighted by Crippen LogP contribution is -2.59. The molecule has 2 fully saturated rings. The van der Waals surface area contributed by atoms with Gasteiger partial charge in [-0.05, 0) is 25.7 Å². The number of hydrogen-bond donors (Lipinski definition) is 3. The first-order valence-electron chi connectivity index (χ1n) is 6.89. The predicted molar refractivity (Wildman–Crippen MR) is 68.5 cm³/mol. The lowest BCUT2D eigenvalue weighted by atomic mass is 9.78. The van der Waals surface area contributed by atoms with E-state index in [9.17, 15) is 14.7 Å². The van der Waals surface area contributed by atoms with Crippen LogP contribution in [0.25, 0.3) is 0 Å². The first kappa shape index (κ1) is 14.3. The highest BCUT2D eigenvalue weighted by molar-refractivity contribution is 5.90. The van der Waals surface area contributed by atoms with Gasteiger partial charge >= 0.3 is 5.97 Å². The fraction of sp³-hybridized carbons (Fsp3) is 0.846. The van der Waals surface area contributed by atoms with Gasteiger partial charge in [0.15, 0.2) is 0 Å². The summed E-state index contributed by atoms with van der Waals surface area (Å²) < 4.78 is 5.27. The van der Waals surface area contributed by atoms with Crippen molar-refractivity contribution in [2.24, 2.45) is 11.1 Å². The standard InChI is InChI=1S/C13H22N2O4/c14-9-12(5-7-19-8-6-12)10(16)15-13(11(17)18)3-1-2-4-13/h1-9,14H2,(H,15,16)(H,17,18). The third kappa shape index (κ3) is 2.60. The second-order valence-corrected chi connectivity index (χ2v) is 5.65. The molecule has 0 spiro atoms. The Morgan fingerprint density at radius 3 is 2.21 bits per heavy atom. The Hall–Kier alpha value is -1.14. The molecule has 1 amide bonds. The van der Waals surface area contributed by atoms with E-state index in [0.29, 0.717) is 38.9 Å². The van der Waals surface area contributed by atoms with Crippen molar-refractivity contribution in [3.63, 3.8) is 0 Å². The molecule has 2 aliphatic rings. The van der Waals surface area contributed by atoms with Crippen LogP contribution in [0.4, 0.5) is 0 Å². The maximum atomic E-state index is 12.5. The topological polar surface area (TPSA) is 102 Å². The van der Waals surface area contributed by atoms with Gasteiger partial charge < -0.3 is 20.9 Å². The van der Waals surface area contributed by atoms with Crippen LogP contribution in [0.5, 0.6) is 0 Å². The van der Waals surface area contributed by atoms with Crippen molar-refractivity contribution >= 4 is 11.9 Å². The second kappa shape index (κ2) is 5.46. The van der Waals surface area contributed by atoms with Gasteiger partial charge in [-0.25, -0.2) is 4.79 Å². The molecule has 4 N–H and O–H groups in total. The van der Waals surface area contributed by atoms with Crippen molar-refractivity contribution in [1.29, 1.82) is 0 Å². The van der Waals surface area contributed by atoms with Crippen molar-refractivity contribution in [1.82, 2.24) is 5.32 Å². The molecule has 2 rings (SSSR count). The van der Waals surface area contributed by atoms with Gasteiger partial charge in [-0.15, -0.1) is 0 Å². The first-order valence-corrected chi connectivity index (χ1v) is 6.89. The number of aliphatic carboxylic acids is 1. The van der Waals surface area contributed by atoms with Gasteiger partial charge in [0.05, 0.1) is 5.41 Å². The summed E-state index contributed by atoms with van der Waals surface area (Å²) in [6.45, 7) is 1.24. The molecule has 0 radical (unpaired) electrons. The van der Waals surface area contributed by atoms with E-state index in [0.717, 1.165) is 12.8 Å². The number of nitrogens with one attached hydrogen (secondary N) is 1. The first-order chi connectivity index (χ1) is 9.05. The number of ether oxygens (including phenoxy) is 1. The van der Waals surface area contributed by atoms with E-state index < -0.39 is 16.9 Å². The number of hydrogen-bond acceptors (Lipinski definition) is 4. The van der Waals surface area contributed by atoms with Crippen LogP contribution in [0, 0.1) is 5.41 Å². The van der Waals surface area contributed by atoms with Crippen molar-refractivity contribution in [3.05, 3.63) is 0 Å². The number of carboxylic acid groups (broad SMARTS) is 1. The quantitative estimate of drug-likeness (QED) is 0.680. The highest BCUT2D eigenvalue weighted by Gasteiger charge is 2.47. The van der Waals surface area contributed by atoms with Gasteiger partial charge in [0.2, 0.25) is 5.91 Å². The summed E-state index contributed by atoms with van der Waals surface area (Å²) in [4.78, 5) is 24.0. The fourth-order valence-corrected chi connectivity index (χ4v) is 3.01. The van der Waals surface area contributed by atoms with Gasteiger partial charge in [0, 0.05) is 19.8 Å². The van der Waals surface area contributed by atoms with Crippen molar-refractivity contribution in [2.45, 2.75) is 44.1 Å². The summed E-state index contributed by atoms with van der Waals surface area (Å²) in [5.74, 6) is -1.15. The van der Waals surface area contributed by atoms with Crippen LogP contribution in [-0.2, 0) is 14.3 Å². The minimum Gasteiger partial charge on any atom is -0.480 e. The number of carbonyl (C=O) groups excluding carboxylic acids is 1. The summed E-state index contributed by atoms with van der Waals surface area (Å²) in [5, 5.41) is 12.2. The number of carbonyl (C=O) groups is 2. The van der Waals surface area contributed by atoms with Gasteiger partial charge in [-0.1, -0.05) is 12.8 Å². The number of amides is 1. The SMILES string of the molecule is NCC1(C(=O)NC2(C(=O)O)CCCC2)CCOCC1. The van der Waals surface area contributed by atoms with Crippen molar-refractivity contribution in [2.75, 3.05) is 19.8 Å². The van der Waals surface area contributed by atoms with Crippen LogP contribution in [0.3, 0.4) is 0 Å². The van der Waals surface area contributed by atoms with Crippen LogP contribution >= 0.6 is 0 Å². The molecular formula is C13H22N2O4. The van der Waals surface area contributed by atoms with E-state index in [1.807, 2.05) is 0 Å². The minimum atomic E-state index is -1.09. The zero-order chi connectivity index (χ0) is 13.9. The predicted octanol–water partition coefficient (Wildman–Crippen LogP) is 0.255. The molecule has 6 nitrogen and oxygen atoms in total. The summed E-state index contributed by atoms with van der Waals surface area (Å²) >= 11 is 0. The Morgan fingerprint density at radius 2 is 1.74 bits per heavy atom. The maximum Gasteiger partial charge on any atom is 0.329 e. The molecule has 1 saturated heterocycles. The zero-order valence-corrected chi connectivity index (χ0v) is 11.1. The fourth-order valence-electron chi connectivity index (χ4n) is 3.01. The van der Waals surface area contributed by atoms with Crippen molar-refractivity contribution in [3.8, 4) is 0 Å². The Kier molecular flexibility index (Phi) is 4.10. The summed E-state index contributed by atoms with van der Waals surface area (Å²) in [6.07, 6.45) is 3.81. The normalized spacial score (nSPS) is 24.9. The molecule has 1 heterocycles. The van der Waals surface area contributed by atoms with Gasteiger partial charge in [-0.2, -0.15) is 0 Å². The van der Waals surface area contributed by atoms with Crippen LogP contribution in [0.15, 0.2) is 0 Å². The van der Waals surface area contributed by atoms with Gasteiger partial charge in [-0.3, -0.25) is 4.79 Å². The minimum absolute atomic E-state index is 0.220. The van der Waals surface area contributed by atoms with Crippen LogP contribution in [-0.4, -0.2) is 42.3 Å². The maximum absolute atomic E-state index is 12.5. The Bertz CT molecular complexity index is 358. The largest absolute Gasteiger partial charge is 0.480 e. The average Bonchev–Trinajstić information content (AvgIpc) is 2.89. The van der Waals surface area contributed by atoms with E-state index in [1.54, 1.807) is 0 Å². The van der Waals surface area contributed by atoms with E-state index in [2.05, 4.69) is 5.32 Å². The third-order valence-corrected chi connectivity index (χ3v) is 4.54. The number of carboxylic acids is 1. The second-order valence-electron chi connectivity index (χ2n) is 5.65. The molecule has 1 aliphatic heterocycles. The monoisotopic (exact) mass is 270 g/mol. The average molecular weight is 270 g/mol. The molecule has 6 heteroatoms. The zero-order valence-electron chi connectivity index (χ0n) is 11.1. The van der Waals surface area contributed by atoms with Crippen LogP contribution in [0.1, 0.15) is 38.5 Å². The highest BCUT2D eigenvalue weighted by Crippen LogP contribution is 2.34. The molecule has 0 aromatic heterocycles. The van der Waals surface area contributed by atoms with Crippen molar-refractivity contribution < 1.29 is 19.4 Å². The van der Waals surface area contributed by atoms with Crippen LogP contribution < -0.4 is 11.1 Å². The highest BCUT2D eigenvalue weighted by atomic mass is 16.5. The smallest absolute Gasteiger partial charge is 0.329 e. The Balaban J connectivity index is 2.12. The molecular weight excluding hydrogens is 248 g/mol. The summed E-state index contributed by atoms with van der Waals surface area (Å²) in [7, 11) is 0. The lowest BCUT2D eigenvalue weighted by Gasteiger charge is -2.37. The van der Waals surface area contributed by atoms with E-state index in [1.165, 1.54) is 0 Å². The van der Waals surface area contributed by atoms with E-state index in [4.69, 9.17) is 10.5 Å². The molecule has 1 saturated carbocycles. The van der Waals surface area contributed by atoms with E-state index in [-0.39, 0.29) is 12.5 Å². The molecule has 0 bridgehead atoms. The van der Waals surface area contributed by atoms with E-state index >= 15 is 0 Å². The molecule has 0 aromatic rings. The molecule has 0 atom stereocenters. The number of rotatable bonds is 4. The van der Waals surface area contributed by atoms with Gasteiger partial charge in [0.1, 0.15) is 5.54 Å². The van der Waals surface area contributed by atoms with Crippen LogP contribution in [0.2, 0.25) is 0 Å². The Morgan fingerprint density at radius 1 is 1.16 bits per heavy atom. The summed E-state index contributed by atoms with van der Waals surface area (Å²) in [6, 6.07) is 0. The lowest BCUT2D eigenvalue weighted by molar-refractivity contribution is -0.151. The summed E-state index contributed by atoms with van der Waals surface area (Å²) in [5.41, 5.74) is 4.02. The Labute approximate surface area is 112 Å². The third-order valence-electron chi connectivity index (χ3n) is 4.54. The molecule has 108 valence electrons. The molecule has 0 unspecified atom stereocenters. The number of nitrogens with two attached hydrogens (primary N) is 1.